The lowest BCUT2D eigenvalue weighted by atomic mass is 10.1. The molecular weight excluding hydrogens is 184 g/mol. The topological polar surface area (TPSA) is 28.7 Å². The van der Waals surface area contributed by atoms with Gasteiger partial charge in [-0.25, -0.2) is 0 Å². The van der Waals surface area contributed by atoms with E-state index in [1.165, 1.54) is 5.69 Å². The van der Waals surface area contributed by atoms with E-state index in [1.807, 2.05) is 36.5 Å². The number of nitriles is 1. The predicted molar refractivity (Wildman–Crippen MR) is 59.4 cm³/mol. The van der Waals surface area contributed by atoms with Gasteiger partial charge in [0.1, 0.15) is 0 Å². The fourth-order valence-electron chi connectivity index (χ4n) is 1.63. The van der Waals surface area contributed by atoms with Crippen molar-refractivity contribution in [2.24, 2.45) is 0 Å². The summed E-state index contributed by atoms with van der Waals surface area (Å²) in [7, 11) is 0. The SMILES string of the molecule is Cc1cccn1Cc1ccccc1C#N. The number of hydrogen-bond donors (Lipinski definition) is 0. The molecule has 15 heavy (non-hydrogen) atoms. The van der Waals surface area contributed by atoms with Crippen LogP contribution in [0.4, 0.5) is 0 Å². The van der Waals surface area contributed by atoms with E-state index >= 15 is 0 Å². The fraction of sp³-hybridized carbons (Fsp3) is 0.154. The van der Waals surface area contributed by atoms with Crippen molar-refractivity contribution in [3.05, 3.63) is 59.4 Å². The summed E-state index contributed by atoms with van der Waals surface area (Å²) in [4.78, 5) is 0. The highest BCUT2D eigenvalue weighted by molar-refractivity contribution is 5.37. The second kappa shape index (κ2) is 4.02. The molecule has 0 fully saturated rings. The number of aryl methyl sites for hydroxylation is 1. The summed E-state index contributed by atoms with van der Waals surface area (Å²) >= 11 is 0. The van der Waals surface area contributed by atoms with E-state index in [1.54, 1.807) is 0 Å². The zero-order valence-electron chi connectivity index (χ0n) is 8.64. The average Bonchev–Trinajstić information content (AvgIpc) is 2.65. The van der Waals surface area contributed by atoms with Crippen LogP contribution in [0.15, 0.2) is 42.6 Å². The first-order valence-corrected chi connectivity index (χ1v) is 4.91. The molecule has 2 aromatic rings. The molecule has 0 saturated carbocycles. The molecule has 0 aliphatic carbocycles. The van der Waals surface area contributed by atoms with Gasteiger partial charge in [-0.15, -0.1) is 0 Å². The number of hydrogen-bond acceptors (Lipinski definition) is 1. The Morgan fingerprint density at radius 2 is 2.00 bits per heavy atom. The second-order valence-electron chi connectivity index (χ2n) is 3.55. The highest BCUT2D eigenvalue weighted by atomic mass is 15.0. The lowest BCUT2D eigenvalue weighted by Crippen LogP contribution is -2.01. The van der Waals surface area contributed by atoms with E-state index in [4.69, 9.17) is 5.26 Å². The first-order valence-electron chi connectivity index (χ1n) is 4.91. The smallest absolute Gasteiger partial charge is 0.0995 e. The summed E-state index contributed by atoms with van der Waals surface area (Å²) in [5.41, 5.74) is 3.03. The van der Waals surface area contributed by atoms with Gasteiger partial charge in [0.15, 0.2) is 0 Å². The van der Waals surface area contributed by atoms with Crippen molar-refractivity contribution in [2.75, 3.05) is 0 Å². The lowest BCUT2D eigenvalue weighted by molar-refractivity contribution is 0.774. The Hall–Kier alpha value is -2.01. The Labute approximate surface area is 89.4 Å². The van der Waals surface area contributed by atoms with Crippen LogP contribution in [0.25, 0.3) is 0 Å². The van der Waals surface area contributed by atoms with Gasteiger partial charge >= 0.3 is 0 Å². The zero-order valence-corrected chi connectivity index (χ0v) is 8.64. The van der Waals surface area contributed by atoms with Gasteiger partial charge in [0.05, 0.1) is 11.6 Å². The summed E-state index contributed by atoms with van der Waals surface area (Å²) in [6.07, 6.45) is 2.03. The van der Waals surface area contributed by atoms with Gasteiger partial charge < -0.3 is 4.57 Å². The third-order valence-corrected chi connectivity index (χ3v) is 2.53. The Kier molecular flexibility index (Phi) is 2.55. The molecule has 0 aliphatic rings. The molecule has 74 valence electrons. The first kappa shape index (κ1) is 9.54. The molecule has 1 aromatic carbocycles. The monoisotopic (exact) mass is 196 g/mol. The maximum Gasteiger partial charge on any atom is 0.0995 e. The van der Waals surface area contributed by atoms with Crippen molar-refractivity contribution < 1.29 is 0 Å². The number of benzene rings is 1. The van der Waals surface area contributed by atoms with Gasteiger partial charge in [-0.05, 0) is 30.7 Å². The summed E-state index contributed by atoms with van der Waals surface area (Å²) in [5, 5.41) is 8.96. The molecular formula is C13H12N2. The zero-order chi connectivity index (χ0) is 10.7. The molecule has 0 spiro atoms. The van der Waals surface area contributed by atoms with Crippen molar-refractivity contribution in [2.45, 2.75) is 13.5 Å². The van der Waals surface area contributed by atoms with Crippen LogP contribution in [0.5, 0.6) is 0 Å². The van der Waals surface area contributed by atoms with Crippen molar-refractivity contribution in [1.82, 2.24) is 4.57 Å². The van der Waals surface area contributed by atoms with Gasteiger partial charge in [-0.2, -0.15) is 5.26 Å². The van der Waals surface area contributed by atoms with Gasteiger partial charge in [0, 0.05) is 18.4 Å². The molecule has 1 aromatic heterocycles. The standard InChI is InChI=1S/C13H12N2/c1-11-5-4-8-15(11)10-13-7-3-2-6-12(13)9-14/h2-8H,10H2,1H3. The molecule has 2 heteroatoms. The van der Waals surface area contributed by atoms with Crippen molar-refractivity contribution in [1.29, 1.82) is 5.26 Å². The van der Waals surface area contributed by atoms with Crippen LogP contribution >= 0.6 is 0 Å². The summed E-state index contributed by atoms with van der Waals surface area (Å²) in [6.45, 7) is 2.83. The normalized spacial score (nSPS) is 9.87. The lowest BCUT2D eigenvalue weighted by Gasteiger charge is -2.07. The molecule has 0 N–H and O–H groups in total. The minimum atomic E-state index is 0.755. The molecule has 0 bridgehead atoms. The molecule has 0 atom stereocenters. The van der Waals surface area contributed by atoms with Gasteiger partial charge in [0.2, 0.25) is 0 Å². The molecule has 2 nitrogen and oxygen atoms in total. The molecule has 2 rings (SSSR count). The van der Waals surface area contributed by atoms with E-state index in [-0.39, 0.29) is 0 Å². The van der Waals surface area contributed by atoms with Crippen LogP contribution in [0.1, 0.15) is 16.8 Å². The van der Waals surface area contributed by atoms with Crippen molar-refractivity contribution >= 4 is 0 Å². The van der Waals surface area contributed by atoms with E-state index in [9.17, 15) is 0 Å². The molecule has 0 aliphatic heterocycles. The Morgan fingerprint density at radius 1 is 1.20 bits per heavy atom. The van der Waals surface area contributed by atoms with E-state index in [0.717, 1.165) is 17.7 Å². The molecule has 0 unspecified atom stereocenters. The number of nitrogens with zero attached hydrogens (tertiary/aromatic N) is 2. The first-order chi connectivity index (χ1) is 7.31. The third kappa shape index (κ3) is 1.92. The van der Waals surface area contributed by atoms with Crippen molar-refractivity contribution in [3.63, 3.8) is 0 Å². The van der Waals surface area contributed by atoms with Crippen LogP contribution in [0.2, 0.25) is 0 Å². The highest BCUT2D eigenvalue weighted by Gasteiger charge is 2.02. The van der Waals surface area contributed by atoms with E-state index in [2.05, 4.69) is 23.6 Å². The molecule has 1 heterocycles. The Bertz CT molecular complexity index is 503. The van der Waals surface area contributed by atoms with Crippen LogP contribution < -0.4 is 0 Å². The van der Waals surface area contributed by atoms with Crippen LogP contribution in [0.3, 0.4) is 0 Å². The van der Waals surface area contributed by atoms with Crippen molar-refractivity contribution in [3.8, 4) is 6.07 Å². The molecule has 0 radical (unpaired) electrons. The van der Waals surface area contributed by atoms with E-state index < -0.39 is 0 Å². The van der Waals surface area contributed by atoms with Gasteiger partial charge in [0.25, 0.3) is 0 Å². The summed E-state index contributed by atoms with van der Waals surface area (Å²) in [6, 6.07) is 14.0. The number of rotatable bonds is 2. The summed E-state index contributed by atoms with van der Waals surface area (Å²) < 4.78 is 2.14. The van der Waals surface area contributed by atoms with E-state index in [0.29, 0.717) is 0 Å². The largest absolute Gasteiger partial charge is 0.347 e. The van der Waals surface area contributed by atoms with Crippen LogP contribution in [0, 0.1) is 18.3 Å². The highest BCUT2D eigenvalue weighted by Crippen LogP contribution is 2.11. The molecule has 0 saturated heterocycles. The molecule has 0 amide bonds. The third-order valence-electron chi connectivity index (χ3n) is 2.53. The fourth-order valence-corrected chi connectivity index (χ4v) is 1.63. The Balaban J connectivity index is 2.33. The quantitative estimate of drug-likeness (QED) is 0.726. The van der Waals surface area contributed by atoms with Crippen LogP contribution in [-0.2, 0) is 6.54 Å². The minimum Gasteiger partial charge on any atom is -0.347 e. The number of aromatic nitrogens is 1. The van der Waals surface area contributed by atoms with Crippen LogP contribution in [-0.4, -0.2) is 4.57 Å². The van der Waals surface area contributed by atoms with Gasteiger partial charge in [-0.1, -0.05) is 18.2 Å². The minimum absolute atomic E-state index is 0.755. The maximum atomic E-state index is 8.96. The maximum absolute atomic E-state index is 8.96. The Morgan fingerprint density at radius 3 is 2.67 bits per heavy atom. The predicted octanol–water partition coefficient (Wildman–Crippen LogP) is 2.72. The van der Waals surface area contributed by atoms with Gasteiger partial charge in [-0.3, -0.25) is 0 Å². The second-order valence-corrected chi connectivity index (χ2v) is 3.55. The summed E-state index contributed by atoms with van der Waals surface area (Å²) in [5.74, 6) is 0. The average molecular weight is 196 g/mol.